The van der Waals surface area contributed by atoms with Crippen LogP contribution in [0.2, 0.25) is 0 Å². The van der Waals surface area contributed by atoms with Gasteiger partial charge in [0.15, 0.2) is 0 Å². The number of rotatable bonds is 4. The lowest BCUT2D eigenvalue weighted by molar-refractivity contribution is 0.232. The summed E-state index contributed by atoms with van der Waals surface area (Å²) in [6.45, 7) is 13.1. The fourth-order valence-electron chi connectivity index (χ4n) is 2.82. The topological polar surface area (TPSA) is 32.3 Å². The molecule has 1 unspecified atom stereocenters. The first-order chi connectivity index (χ1) is 8.67. The highest BCUT2D eigenvalue weighted by Crippen LogP contribution is 2.24. The third-order valence-electron chi connectivity index (χ3n) is 4.10. The highest BCUT2D eigenvalue weighted by molar-refractivity contribution is 5.48. The first-order valence-electron chi connectivity index (χ1n) is 6.94. The summed E-state index contributed by atoms with van der Waals surface area (Å²) in [6.07, 6.45) is 2.92. The quantitative estimate of drug-likeness (QED) is 0.816. The maximum atomic E-state index is 4.46. The molecule has 0 aliphatic carbocycles. The Hall–Kier alpha value is -1.16. The predicted molar refractivity (Wildman–Crippen MR) is 75.0 cm³/mol. The van der Waals surface area contributed by atoms with Gasteiger partial charge in [-0.3, -0.25) is 4.90 Å². The van der Waals surface area contributed by atoms with Crippen molar-refractivity contribution in [3.8, 4) is 0 Å². The van der Waals surface area contributed by atoms with Gasteiger partial charge in [0.2, 0.25) is 0 Å². The van der Waals surface area contributed by atoms with Crippen LogP contribution in [-0.4, -0.2) is 47.1 Å². The summed E-state index contributed by atoms with van der Waals surface area (Å²) < 4.78 is 0. The van der Waals surface area contributed by atoms with Crippen molar-refractivity contribution >= 4 is 5.82 Å². The van der Waals surface area contributed by atoms with E-state index in [2.05, 4.69) is 47.5 Å². The molecule has 1 saturated heterocycles. The van der Waals surface area contributed by atoms with Crippen LogP contribution in [0.5, 0.6) is 0 Å². The van der Waals surface area contributed by atoms with Gasteiger partial charge in [-0.2, -0.15) is 0 Å². The van der Waals surface area contributed by atoms with E-state index in [0.717, 1.165) is 37.7 Å². The molecule has 0 N–H and O–H groups in total. The minimum atomic E-state index is 0.676. The van der Waals surface area contributed by atoms with E-state index in [1.807, 2.05) is 0 Å². The van der Waals surface area contributed by atoms with Crippen LogP contribution in [-0.2, 0) is 0 Å². The molecule has 0 amide bonds. The highest BCUT2D eigenvalue weighted by Gasteiger charge is 2.27. The molecule has 0 radical (unpaired) electrons. The number of likely N-dealkylation sites (N-methyl/N-ethyl adjacent to an activating group) is 1. The van der Waals surface area contributed by atoms with Gasteiger partial charge < -0.3 is 4.90 Å². The van der Waals surface area contributed by atoms with E-state index in [0.29, 0.717) is 6.04 Å². The molecule has 1 atom stereocenters. The number of anilines is 1. The molecule has 0 saturated carbocycles. The summed E-state index contributed by atoms with van der Waals surface area (Å²) in [7, 11) is 0. The molecule has 2 heterocycles. The minimum absolute atomic E-state index is 0.676. The smallest absolute Gasteiger partial charge is 0.135 e. The Morgan fingerprint density at radius 3 is 2.67 bits per heavy atom. The molecule has 1 fully saturated rings. The Bertz CT molecular complexity index is 401. The van der Waals surface area contributed by atoms with E-state index in [1.165, 1.54) is 12.0 Å². The van der Waals surface area contributed by atoms with Crippen LogP contribution in [0.15, 0.2) is 6.33 Å². The van der Waals surface area contributed by atoms with Crippen LogP contribution >= 0.6 is 0 Å². The van der Waals surface area contributed by atoms with E-state index in [1.54, 1.807) is 6.33 Å². The van der Waals surface area contributed by atoms with E-state index < -0.39 is 0 Å². The van der Waals surface area contributed by atoms with Crippen LogP contribution in [0.25, 0.3) is 0 Å². The zero-order chi connectivity index (χ0) is 13.1. The zero-order valence-corrected chi connectivity index (χ0v) is 12.0. The number of nitrogens with zero attached hydrogens (tertiary/aromatic N) is 4. The number of hydrogen-bond donors (Lipinski definition) is 0. The second-order valence-electron chi connectivity index (χ2n) is 5.02. The van der Waals surface area contributed by atoms with E-state index >= 15 is 0 Å². The van der Waals surface area contributed by atoms with Gasteiger partial charge in [0.1, 0.15) is 12.1 Å². The fourth-order valence-corrected chi connectivity index (χ4v) is 2.82. The van der Waals surface area contributed by atoms with E-state index in [4.69, 9.17) is 0 Å². The molecule has 4 nitrogen and oxygen atoms in total. The van der Waals surface area contributed by atoms with Gasteiger partial charge in [0.25, 0.3) is 0 Å². The number of hydrogen-bond acceptors (Lipinski definition) is 4. The van der Waals surface area contributed by atoms with Crippen molar-refractivity contribution < 1.29 is 0 Å². The maximum absolute atomic E-state index is 4.46. The average Bonchev–Trinajstić information content (AvgIpc) is 2.84. The highest BCUT2D eigenvalue weighted by atomic mass is 15.3. The molecule has 0 spiro atoms. The Kier molecular flexibility index (Phi) is 4.17. The van der Waals surface area contributed by atoms with Gasteiger partial charge in [0, 0.05) is 30.4 Å². The molecule has 1 aliphatic heterocycles. The van der Waals surface area contributed by atoms with Crippen molar-refractivity contribution in [3.63, 3.8) is 0 Å². The van der Waals surface area contributed by atoms with Gasteiger partial charge in [-0.05, 0) is 33.4 Å². The largest absolute Gasteiger partial charge is 0.355 e. The maximum Gasteiger partial charge on any atom is 0.135 e. The van der Waals surface area contributed by atoms with Crippen LogP contribution in [0, 0.1) is 13.8 Å². The molecule has 0 bridgehead atoms. The van der Waals surface area contributed by atoms with Crippen molar-refractivity contribution in [2.24, 2.45) is 0 Å². The van der Waals surface area contributed by atoms with Crippen molar-refractivity contribution in [1.82, 2.24) is 14.9 Å². The summed E-state index contributed by atoms with van der Waals surface area (Å²) in [5, 5.41) is 0. The Balaban J connectivity index is 2.11. The lowest BCUT2D eigenvalue weighted by Gasteiger charge is -2.26. The lowest BCUT2D eigenvalue weighted by Crippen LogP contribution is -2.37. The van der Waals surface area contributed by atoms with Crippen LogP contribution in [0.1, 0.15) is 31.5 Å². The second-order valence-corrected chi connectivity index (χ2v) is 5.02. The molecule has 1 aromatic rings. The lowest BCUT2D eigenvalue weighted by atomic mass is 10.2. The molecule has 100 valence electrons. The van der Waals surface area contributed by atoms with Crippen LogP contribution in [0.4, 0.5) is 5.82 Å². The molecule has 18 heavy (non-hydrogen) atoms. The van der Waals surface area contributed by atoms with Crippen molar-refractivity contribution in [3.05, 3.63) is 17.6 Å². The van der Waals surface area contributed by atoms with Crippen molar-refractivity contribution in [2.75, 3.05) is 31.1 Å². The van der Waals surface area contributed by atoms with Gasteiger partial charge in [-0.15, -0.1) is 0 Å². The SMILES string of the molecule is CCN(CC)C1CCN(c2ncnc(C)c2C)C1. The van der Waals surface area contributed by atoms with Gasteiger partial charge in [-0.1, -0.05) is 13.8 Å². The molecule has 1 aliphatic rings. The molecule has 4 heteroatoms. The Morgan fingerprint density at radius 2 is 2.00 bits per heavy atom. The third kappa shape index (κ3) is 2.48. The Labute approximate surface area is 110 Å². The Morgan fingerprint density at radius 1 is 1.28 bits per heavy atom. The number of aryl methyl sites for hydroxylation is 1. The minimum Gasteiger partial charge on any atom is -0.355 e. The third-order valence-corrected chi connectivity index (χ3v) is 4.10. The summed E-state index contributed by atoms with van der Waals surface area (Å²) in [6, 6.07) is 0.676. The molecule has 2 rings (SSSR count). The monoisotopic (exact) mass is 248 g/mol. The summed E-state index contributed by atoms with van der Waals surface area (Å²) >= 11 is 0. The second kappa shape index (κ2) is 5.65. The standard InChI is InChI=1S/C14H24N4/c1-5-17(6-2)13-7-8-18(9-13)14-11(3)12(4)15-10-16-14/h10,13H,5-9H2,1-4H3. The fraction of sp³-hybridized carbons (Fsp3) is 0.714. The number of aromatic nitrogens is 2. The summed E-state index contributed by atoms with van der Waals surface area (Å²) in [5.74, 6) is 1.12. The molecule has 0 aromatic carbocycles. The molecule has 1 aromatic heterocycles. The average molecular weight is 248 g/mol. The van der Waals surface area contributed by atoms with Gasteiger partial charge >= 0.3 is 0 Å². The van der Waals surface area contributed by atoms with Crippen molar-refractivity contribution in [1.29, 1.82) is 0 Å². The first-order valence-corrected chi connectivity index (χ1v) is 6.94. The van der Waals surface area contributed by atoms with Crippen LogP contribution in [0.3, 0.4) is 0 Å². The van der Waals surface area contributed by atoms with Gasteiger partial charge in [0.05, 0.1) is 0 Å². The zero-order valence-electron chi connectivity index (χ0n) is 12.0. The normalized spacial score (nSPS) is 19.8. The van der Waals surface area contributed by atoms with E-state index in [9.17, 15) is 0 Å². The van der Waals surface area contributed by atoms with E-state index in [-0.39, 0.29) is 0 Å². The summed E-state index contributed by atoms with van der Waals surface area (Å²) in [5.41, 5.74) is 2.31. The predicted octanol–water partition coefficient (Wildman–Crippen LogP) is 2.01. The molecular formula is C14H24N4. The van der Waals surface area contributed by atoms with Crippen LogP contribution < -0.4 is 4.90 Å². The van der Waals surface area contributed by atoms with Gasteiger partial charge in [-0.25, -0.2) is 9.97 Å². The van der Waals surface area contributed by atoms with Crippen molar-refractivity contribution in [2.45, 2.75) is 40.2 Å². The summed E-state index contributed by atoms with van der Waals surface area (Å²) in [4.78, 5) is 13.7. The molecular weight excluding hydrogens is 224 g/mol. The first kappa shape index (κ1) is 13.3.